The number of hydrogen-bond acceptors (Lipinski definition) is 5. The zero-order valence-corrected chi connectivity index (χ0v) is 18.5. The van der Waals surface area contributed by atoms with E-state index in [9.17, 15) is 0 Å². The van der Waals surface area contributed by atoms with Crippen molar-refractivity contribution in [2.45, 2.75) is 43.7 Å². The normalized spacial score (nSPS) is 25.0. The zero-order chi connectivity index (χ0) is 20.8. The van der Waals surface area contributed by atoms with Crippen molar-refractivity contribution in [3.63, 3.8) is 0 Å². The highest BCUT2D eigenvalue weighted by Crippen LogP contribution is 2.31. The molecule has 3 heterocycles. The lowest BCUT2D eigenvalue weighted by Gasteiger charge is -2.50. The standard InChI is InChI=1S/C23H37N5O2/c1-24-22(25-16-19-17-29-20-8-4-5-9-21(20)30-19)26-18-23(10-14-27(2)15-11-23)28-12-6-3-7-13-28/h4-5,8-9,19H,3,6-7,10-18H2,1-2H3,(H2,24,25,26). The summed E-state index contributed by atoms with van der Waals surface area (Å²) in [7, 11) is 4.07. The number of nitrogens with one attached hydrogen (secondary N) is 2. The number of guanidine groups is 1. The largest absolute Gasteiger partial charge is 0.486 e. The maximum Gasteiger partial charge on any atom is 0.191 e. The van der Waals surface area contributed by atoms with E-state index < -0.39 is 0 Å². The highest BCUT2D eigenvalue weighted by Gasteiger charge is 2.39. The minimum atomic E-state index is -0.0298. The minimum Gasteiger partial charge on any atom is -0.486 e. The first-order valence-corrected chi connectivity index (χ1v) is 11.5. The van der Waals surface area contributed by atoms with Crippen LogP contribution in [0.15, 0.2) is 29.3 Å². The Labute approximate surface area is 180 Å². The van der Waals surface area contributed by atoms with Crippen LogP contribution in [0.25, 0.3) is 0 Å². The van der Waals surface area contributed by atoms with Crippen LogP contribution in [-0.2, 0) is 0 Å². The van der Waals surface area contributed by atoms with Crippen LogP contribution in [0.3, 0.4) is 0 Å². The van der Waals surface area contributed by atoms with Crippen LogP contribution in [0.4, 0.5) is 0 Å². The summed E-state index contributed by atoms with van der Waals surface area (Å²) >= 11 is 0. The van der Waals surface area contributed by atoms with Gasteiger partial charge in [0.1, 0.15) is 12.7 Å². The Kier molecular flexibility index (Phi) is 7.00. The van der Waals surface area contributed by atoms with Gasteiger partial charge in [0.05, 0.1) is 6.54 Å². The topological polar surface area (TPSA) is 61.4 Å². The molecule has 2 fully saturated rings. The summed E-state index contributed by atoms with van der Waals surface area (Å²) in [6.07, 6.45) is 6.41. The van der Waals surface area contributed by atoms with E-state index in [0.717, 1.165) is 37.1 Å². The van der Waals surface area contributed by atoms with Crippen molar-refractivity contribution in [2.24, 2.45) is 4.99 Å². The van der Waals surface area contributed by atoms with E-state index in [1.807, 2.05) is 31.3 Å². The Balaban J connectivity index is 1.31. The van der Waals surface area contributed by atoms with Crippen LogP contribution in [0.2, 0.25) is 0 Å². The zero-order valence-electron chi connectivity index (χ0n) is 18.5. The summed E-state index contributed by atoms with van der Waals surface area (Å²) in [5.74, 6) is 2.48. The molecule has 3 aliphatic rings. The highest BCUT2D eigenvalue weighted by molar-refractivity contribution is 5.79. The Hall–Kier alpha value is -1.99. The lowest BCUT2D eigenvalue weighted by molar-refractivity contribution is 0.0172. The van der Waals surface area contributed by atoms with Gasteiger partial charge in [0.15, 0.2) is 17.5 Å². The SMILES string of the molecule is CN=C(NCC1COc2ccccc2O1)NCC1(N2CCCCC2)CCN(C)CC1. The number of nitrogens with zero attached hydrogens (tertiary/aromatic N) is 3. The number of benzene rings is 1. The van der Waals surface area contributed by atoms with Crippen molar-refractivity contribution in [3.05, 3.63) is 24.3 Å². The van der Waals surface area contributed by atoms with Gasteiger partial charge in [0, 0.05) is 19.1 Å². The van der Waals surface area contributed by atoms with Gasteiger partial charge in [-0.05, 0) is 71.0 Å². The second-order valence-electron chi connectivity index (χ2n) is 8.88. The quantitative estimate of drug-likeness (QED) is 0.566. The number of aliphatic imine (C=N–C) groups is 1. The number of piperidine rings is 2. The van der Waals surface area contributed by atoms with E-state index in [-0.39, 0.29) is 11.6 Å². The fraction of sp³-hybridized carbons (Fsp3) is 0.696. The van der Waals surface area contributed by atoms with Crippen LogP contribution >= 0.6 is 0 Å². The molecule has 2 N–H and O–H groups in total. The van der Waals surface area contributed by atoms with Crippen LogP contribution in [0, 0.1) is 0 Å². The third-order valence-corrected chi connectivity index (χ3v) is 6.82. The molecule has 0 aliphatic carbocycles. The second kappa shape index (κ2) is 9.88. The van der Waals surface area contributed by atoms with E-state index in [0.29, 0.717) is 13.2 Å². The molecular weight excluding hydrogens is 378 g/mol. The molecule has 1 unspecified atom stereocenters. The van der Waals surface area contributed by atoms with Gasteiger partial charge < -0.3 is 25.0 Å². The third-order valence-electron chi connectivity index (χ3n) is 6.82. The minimum absolute atomic E-state index is 0.0298. The van der Waals surface area contributed by atoms with Gasteiger partial charge in [-0.1, -0.05) is 18.6 Å². The molecule has 166 valence electrons. The molecule has 0 amide bonds. The van der Waals surface area contributed by atoms with Gasteiger partial charge in [-0.3, -0.25) is 9.89 Å². The van der Waals surface area contributed by atoms with E-state index >= 15 is 0 Å². The van der Waals surface area contributed by atoms with Gasteiger partial charge in [0.25, 0.3) is 0 Å². The fourth-order valence-corrected chi connectivity index (χ4v) is 4.85. The second-order valence-corrected chi connectivity index (χ2v) is 8.88. The van der Waals surface area contributed by atoms with Crippen LogP contribution in [0.1, 0.15) is 32.1 Å². The molecule has 1 atom stereocenters. The molecule has 1 aromatic carbocycles. The summed E-state index contributed by atoms with van der Waals surface area (Å²) in [4.78, 5) is 9.66. The number of likely N-dealkylation sites (tertiary alicyclic amines) is 2. The Morgan fingerprint density at radius 3 is 2.53 bits per heavy atom. The van der Waals surface area contributed by atoms with Gasteiger partial charge in [-0.2, -0.15) is 0 Å². The van der Waals surface area contributed by atoms with Crippen molar-refractivity contribution < 1.29 is 9.47 Å². The molecule has 2 saturated heterocycles. The predicted octanol–water partition coefficient (Wildman–Crippen LogP) is 1.94. The van der Waals surface area contributed by atoms with Crippen molar-refractivity contribution >= 4 is 5.96 Å². The fourth-order valence-electron chi connectivity index (χ4n) is 4.85. The molecule has 0 saturated carbocycles. The van der Waals surface area contributed by atoms with Crippen LogP contribution in [0.5, 0.6) is 11.5 Å². The predicted molar refractivity (Wildman–Crippen MR) is 121 cm³/mol. The van der Waals surface area contributed by atoms with Crippen molar-refractivity contribution in [1.82, 2.24) is 20.4 Å². The average Bonchev–Trinajstić information content (AvgIpc) is 2.81. The van der Waals surface area contributed by atoms with Gasteiger partial charge in [0.2, 0.25) is 0 Å². The van der Waals surface area contributed by atoms with Crippen LogP contribution in [-0.4, -0.2) is 87.4 Å². The van der Waals surface area contributed by atoms with Gasteiger partial charge in [-0.15, -0.1) is 0 Å². The summed E-state index contributed by atoms with van der Waals surface area (Å²) in [5, 5.41) is 7.08. The summed E-state index contributed by atoms with van der Waals surface area (Å²) < 4.78 is 11.9. The molecule has 7 nitrogen and oxygen atoms in total. The first kappa shape index (κ1) is 21.2. The molecule has 7 heteroatoms. The Morgan fingerprint density at radius 1 is 1.07 bits per heavy atom. The number of para-hydroxylation sites is 2. The number of fused-ring (bicyclic) bond motifs is 1. The van der Waals surface area contributed by atoms with Gasteiger partial charge >= 0.3 is 0 Å². The maximum absolute atomic E-state index is 6.06. The number of rotatable bonds is 5. The summed E-state index contributed by atoms with van der Waals surface area (Å²) in [6.45, 7) is 6.92. The first-order valence-electron chi connectivity index (χ1n) is 11.5. The molecule has 0 aromatic heterocycles. The van der Waals surface area contributed by atoms with E-state index in [1.165, 1.54) is 45.2 Å². The Bertz CT molecular complexity index is 711. The third kappa shape index (κ3) is 5.01. The van der Waals surface area contributed by atoms with Gasteiger partial charge in [-0.25, -0.2) is 0 Å². The summed E-state index contributed by atoms with van der Waals surface area (Å²) in [6, 6.07) is 7.84. The van der Waals surface area contributed by atoms with E-state index in [1.54, 1.807) is 0 Å². The monoisotopic (exact) mass is 415 g/mol. The first-order chi connectivity index (χ1) is 14.7. The smallest absolute Gasteiger partial charge is 0.191 e. The highest BCUT2D eigenvalue weighted by atomic mass is 16.6. The molecule has 0 spiro atoms. The van der Waals surface area contributed by atoms with Crippen molar-refractivity contribution in [1.29, 1.82) is 0 Å². The van der Waals surface area contributed by atoms with E-state index in [4.69, 9.17) is 9.47 Å². The summed E-state index contributed by atoms with van der Waals surface area (Å²) in [5.41, 5.74) is 0.230. The lowest BCUT2D eigenvalue weighted by Crippen LogP contribution is -2.62. The molecule has 1 aromatic rings. The number of ether oxygens (including phenoxy) is 2. The molecule has 0 bridgehead atoms. The lowest BCUT2D eigenvalue weighted by atomic mass is 9.84. The molecular formula is C23H37N5O2. The molecule has 0 radical (unpaired) electrons. The molecule has 4 rings (SSSR count). The van der Waals surface area contributed by atoms with Crippen LogP contribution < -0.4 is 20.1 Å². The Morgan fingerprint density at radius 2 is 1.80 bits per heavy atom. The van der Waals surface area contributed by atoms with Crippen molar-refractivity contribution in [3.8, 4) is 11.5 Å². The average molecular weight is 416 g/mol. The maximum atomic E-state index is 6.06. The number of hydrogen-bond donors (Lipinski definition) is 2. The molecule has 30 heavy (non-hydrogen) atoms. The van der Waals surface area contributed by atoms with Crippen molar-refractivity contribution in [2.75, 3.05) is 60.0 Å². The molecule has 3 aliphatic heterocycles. The van der Waals surface area contributed by atoms with E-state index in [2.05, 4.69) is 32.5 Å².